The highest BCUT2D eigenvalue weighted by atomic mass is 16.3. The van der Waals surface area contributed by atoms with E-state index in [9.17, 15) is 4.79 Å². The first-order valence-corrected chi connectivity index (χ1v) is 9.14. The van der Waals surface area contributed by atoms with Crippen molar-refractivity contribution in [1.82, 2.24) is 30.0 Å². The lowest BCUT2D eigenvalue weighted by atomic mass is 9.99. The van der Waals surface area contributed by atoms with Crippen LogP contribution in [0.3, 0.4) is 0 Å². The maximum Gasteiger partial charge on any atom is 0.289 e. The molecule has 1 amide bonds. The Morgan fingerprint density at radius 2 is 1.88 bits per heavy atom. The van der Waals surface area contributed by atoms with Crippen molar-refractivity contribution in [2.24, 2.45) is 5.92 Å². The van der Waals surface area contributed by atoms with Crippen LogP contribution in [-0.4, -0.2) is 62.1 Å². The third-order valence-corrected chi connectivity index (χ3v) is 4.75. The number of carbonyl (C=O) groups is 1. The molecule has 1 aliphatic heterocycles. The fourth-order valence-corrected chi connectivity index (χ4v) is 3.50. The second-order valence-electron chi connectivity index (χ2n) is 8.11. The van der Waals surface area contributed by atoms with Gasteiger partial charge < -0.3 is 9.32 Å². The average Bonchev–Trinajstić information content (AvgIpc) is 3.26. The number of nitrogens with zero attached hydrogens (tertiary/aromatic N) is 6. The highest BCUT2D eigenvalue weighted by Crippen LogP contribution is 2.30. The molecule has 0 radical (unpaired) electrons. The van der Waals surface area contributed by atoms with Crippen molar-refractivity contribution in [1.29, 1.82) is 0 Å². The van der Waals surface area contributed by atoms with E-state index in [1.807, 2.05) is 9.58 Å². The largest absolute Gasteiger partial charge is 0.459 e. The Morgan fingerprint density at radius 1 is 1.19 bits per heavy atom. The van der Waals surface area contributed by atoms with Crippen LogP contribution in [0.15, 0.2) is 22.8 Å². The zero-order valence-electron chi connectivity index (χ0n) is 16.2. The van der Waals surface area contributed by atoms with E-state index >= 15 is 0 Å². The standard InChI is InChI=1S/C18H28N6O2/c1-13(2)15(16-19-20-21-24(16)18(3,4)5)22-8-10-23(11-9-22)17(25)14-7-6-12-26-14/h6-7,12-13,15H,8-11H2,1-5H3/t15-/m0/s1. The summed E-state index contributed by atoms with van der Waals surface area (Å²) in [5.41, 5.74) is -0.178. The van der Waals surface area contributed by atoms with Gasteiger partial charge in [0, 0.05) is 26.2 Å². The van der Waals surface area contributed by atoms with Gasteiger partial charge in [0.15, 0.2) is 11.6 Å². The molecule has 142 valence electrons. The summed E-state index contributed by atoms with van der Waals surface area (Å²) in [6.07, 6.45) is 1.53. The number of aromatic nitrogens is 4. The molecule has 1 saturated heterocycles. The van der Waals surface area contributed by atoms with Gasteiger partial charge >= 0.3 is 0 Å². The normalized spacial score (nSPS) is 17.7. The van der Waals surface area contributed by atoms with Gasteiger partial charge in [-0.15, -0.1) is 5.10 Å². The summed E-state index contributed by atoms with van der Waals surface area (Å²) in [5.74, 6) is 1.60. The van der Waals surface area contributed by atoms with Crippen LogP contribution in [0.5, 0.6) is 0 Å². The Kier molecular flexibility index (Phi) is 5.13. The summed E-state index contributed by atoms with van der Waals surface area (Å²) < 4.78 is 7.15. The number of amides is 1. The minimum Gasteiger partial charge on any atom is -0.459 e. The highest BCUT2D eigenvalue weighted by Gasteiger charge is 2.34. The molecule has 0 aliphatic carbocycles. The molecule has 1 fully saturated rings. The van der Waals surface area contributed by atoms with Gasteiger partial charge in [0.1, 0.15) is 0 Å². The number of carbonyl (C=O) groups excluding carboxylic acids is 1. The Labute approximate surface area is 154 Å². The average molecular weight is 360 g/mol. The number of tetrazole rings is 1. The molecule has 8 nitrogen and oxygen atoms in total. The lowest BCUT2D eigenvalue weighted by Gasteiger charge is -2.40. The highest BCUT2D eigenvalue weighted by molar-refractivity contribution is 5.91. The summed E-state index contributed by atoms with van der Waals surface area (Å²) in [5, 5.41) is 12.5. The van der Waals surface area contributed by atoms with Crippen molar-refractivity contribution in [3.8, 4) is 0 Å². The van der Waals surface area contributed by atoms with Gasteiger partial charge in [-0.05, 0) is 49.2 Å². The lowest BCUT2D eigenvalue weighted by Crippen LogP contribution is -2.51. The second-order valence-corrected chi connectivity index (χ2v) is 8.11. The van der Waals surface area contributed by atoms with Gasteiger partial charge in [0.2, 0.25) is 0 Å². The van der Waals surface area contributed by atoms with E-state index in [-0.39, 0.29) is 17.5 Å². The molecule has 3 rings (SSSR count). The molecular formula is C18H28N6O2. The summed E-state index contributed by atoms with van der Waals surface area (Å²) in [6, 6.07) is 3.57. The molecule has 3 heterocycles. The van der Waals surface area contributed by atoms with Gasteiger partial charge in [-0.2, -0.15) is 0 Å². The molecule has 0 N–H and O–H groups in total. The number of rotatable bonds is 4. The van der Waals surface area contributed by atoms with Gasteiger partial charge in [0.05, 0.1) is 17.8 Å². The van der Waals surface area contributed by atoms with Crippen LogP contribution < -0.4 is 0 Å². The molecule has 0 saturated carbocycles. The second kappa shape index (κ2) is 7.19. The van der Waals surface area contributed by atoms with Crippen LogP contribution >= 0.6 is 0 Å². The molecule has 26 heavy (non-hydrogen) atoms. The first-order chi connectivity index (χ1) is 12.3. The van der Waals surface area contributed by atoms with E-state index in [0.717, 1.165) is 18.9 Å². The van der Waals surface area contributed by atoms with Crippen LogP contribution in [0.25, 0.3) is 0 Å². The number of piperazine rings is 1. The summed E-state index contributed by atoms with van der Waals surface area (Å²) in [7, 11) is 0. The van der Waals surface area contributed by atoms with Gasteiger partial charge in [0.25, 0.3) is 5.91 Å². The van der Waals surface area contributed by atoms with Gasteiger partial charge in [-0.25, -0.2) is 4.68 Å². The van der Waals surface area contributed by atoms with E-state index in [1.165, 1.54) is 6.26 Å². The fourth-order valence-electron chi connectivity index (χ4n) is 3.50. The molecule has 1 atom stereocenters. The van der Waals surface area contributed by atoms with Crippen LogP contribution in [0, 0.1) is 5.92 Å². The van der Waals surface area contributed by atoms with Crippen molar-refractivity contribution in [3.63, 3.8) is 0 Å². The van der Waals surface area contributed by atoms with Gasteiger partial charge in [-0.1, -0.05) is 13.8 Å². The van der Waals surface area contributed by atoms with Crippen LogP contribution in [0.2, 0.25) is 0 Å². The van der Waals surface area contributed by atoms with Gasteiger partial charge in [-0.3, -0.25) is 9.69 Å². The van der Waals surface area contributed by atoms with E-state index in [2.05, 4.69) is 55.0 Å². The minimum atomic E-state index is -0.178. The van der Waals surface area contributed by atoms with E-state index in [0.29, 0.717) is 24.8 Å². The van der Waals surface area contributed by atoms with Crippen molar-refractivity contribution < 1.29 is 9.21 Å². The predicted octanol–water partition coefficient (Wildman–Crippen LogP) is 2.18. The minimum absolute atomic E-state index is 0.0460. The third-order valence-electron chi connectivity index (χ3n) is 4.75. The third kappa shape index (κ3) is 3.65. The van der Waals surface area contributed by atoms with Crippen molar-refractivity contribution in [2.75, 3.05) is 26.2 Å². The van der Waals surface area contributed by atoms with E-state index in [1.54, 1.807) is 12.1 Å². The molecule has 8 heteroatoms. The number of furan rings is 1. The summed E-state index contributed by atoms with van der Waals surface area (Å²) >= 11 is 0. The topological polar surface area (TPSA) is 80.3 Å². The van der Waals surface area contributed by atoms with Crippen molar-refractivity contribution in [2.45, 2.75) is 46.2 Å². The molecule has 2 aromatic heterocycles. The number of hydrogen-bond acceptors (Lipinski definition) is 6. The van der Waals surface area contributed by atoms with Crippen LogP contribution in [-0.2, 0) is 5.54 Å². The first kappa shape index (κ1) is 18.6. The summed E-state index contributed by atoms with van der Waals surface area (Å²) in [6.45, 7) is 13.6. The zero-order valence-corrected chi connectivity index (χ0v) is 16.2. The number of hydrogen-bond donors (Lipinski definition) is 0. The molecular weight excluding hydrogens is 332 g/mol. The van der Waals surface area contributed by atoms with E-state index in [4.69, 9.17) is 4.42 Å². The SMILES string of the molecule is CC(C)[C@@H](c1nnnn1C(C)(C)C)N1CCN(C(=O)c2ccco2)CC1. The molecule has 0 unspecified atom stereocenters. The van der Waals surface area contributed by atoms with E-state index < -0.39 is 0 Å². The Bertz CT molecular complexity index is 723. The Morgan fingerprint density at radius 3 is 2.42 bits per heavy atom. The van der Waals surface area contributed by atoms with Crippen LogP contribution in [0.1, 0.15) is 57.0 Å². The molecule has 0 aromatic carbocycles. The Hall–Kier alpha value is -2.22. The summed E-state index contributed by atoms with van der Waals surface area (Å²) in [4.78, 5) is 16.7. The van der Waals surface area contributed by atoms with Crippen molar-refractivity contribution >= 4 is 5.91 Å². The first-order valence-electron chi connectivity index (χ1n) is 9.14. The molecule has 1 aliphatic rings. The Balaban J connectivity index is 1.74. The van der Waals surface area contributed by atoms with Crippen molar-refractivity contribution in [3.05, 3.63) is 30.0 Å². The monoisotopic (exact) mass is 360 g/mol. The maximum atomic E-state index is 12.5. The zero-order chi connectivity index (χ0) is 18.9. The smallest absolute Gasteiger partial charge is 0.289 e. The molecule has 2 aromatic rings. The molecule has 0 spiro atoms. The quantitative estimate of drug-likeness (QED) is 0.831. The lowest BCUT2D eigenvalue weighted by molar-refractivity contribution is 0.0456. The van der Waals surface area contributed by atoms with Crippen LogP contribution in [0.4, 0.5) is 0 Å². The predicted molar refractivity (Wildman–Crippen MR) is 96.6 cm³/mol. The fraction of sp³-hybridized carbons (Fsp3) is 0.667. The molecule has 0 bridgehead atoms. The maximum absolute atomic E-state index is 12.5.